The molecule has 0 spiro atoms. The highest BCUT2D eigenvalue weighted by Gasteiger charge is 2.30. The lowest BCUT2D eigenvalue weighted by molar-refractivity contribution is -0.137. The fraction of sp³-hybridized carbons (Fsp3) is 0.444. The number of ether oxygens (including phenoxy) is 1. The summed E-state index contributed by atoms with van der Waals surface area (Å²) in [6.45, 7) is 0.824. The van der Waals surface area contributed by atoms with Crippen molar-refractivity contribution in [2.24, 2.45) is 5.73 Å². The quantitative estimate of drug-likeness (QED) is 0.809. The summed E-state index contributed by atoms with van der Waals surface area (Å²) in [4.78, 5) is 16.5. The van der Waals surface area contributed by atoms with Crippen LogP contribution in [0, 0.1) is 0 Å². The first-order valence-corrected chi connectivity index (χ1v) is 9.49. The number of benzene rings is 1. The molecule has 5 nitrogen and oxygen atoms in total. The normalized spacial score (nSPS) is 18.9. The van der Waals surface area contributed by atoms with Gasteiger partial charge in [0.15, 0.2) is 0 Å². The predicted octanol–water partition coefficient (Wildman–Crippen LogP) is 3.34. The summed E-state index contributed by atoms with van der Waals surface area (Å²) in [6.07, 6.45) is -1.89. The van der Waals surface area contributed by atoms with Gasteiger partial charge in [-0.15, -0.1) is 11.3 Å². The summed E-state index contributed by atoms with van der Waals surface area (Å²) in [5.41, 5.74) is 6.48. The first-order valence-electron chi connectivity index (χ1n) is 8.61. The highest BCUT2D eigenvalue weighted by atomic mass is 32.1. The number of hydrogen-bond acceptors (Lipinski definition) is 5. The van der Waals surface area contributed by atoms with Crippen molar-refractivity contribution < 1.29 is 22.7 Å². The Morgan fingerprint density at radius 1 is 1.33 bits per heavy atom. The van der Waals surface area contributed by atoms with Gasteiger partial charge in [0.2, 0.25) is 5.91 Å². The first kappa shape index (κ1) is 19.8. The molecule has 2 aromatic rings. The molecule has 3 N–H and O–H groups in total. The average molecular weight is 399 g/mol. The van der Waals surface area contributed by atoms with Crippen molar-refractivity contribution in [2.45, 2.75) is 44.1 Å². The van der Waals surface area contributed by atoms with Gasteiger partial charge in [-0.25, -0.2) is 4.98 Å². The Kier molecular flexibility index (Phi) is 6.13. The SMILES string of the molecule is NC(C(=O)NCc1csc(-c2ccc(C(F)(F)F)cc2)n1)C1CCCCO1. The van der Waals surface area contributed by atoms with Gasteiger partial charge >= 0.3 is 6.18 Å². The van der Waals surface area contributed by atoms with Gasteiger partial charge in [-0.2, -0.15) is 13.2 Å². The number of nitrogens with two attached hydrogens (primary N) is 1. The van der Waals surface area contributed by atoms with Crippen LogP contribution in [-0.2, 0) is 22.3 Å². The number of aromatic nitrogens is 1. The molecule has 1 aromatic carbocycles. The second-order valence-electron chi connectivity index (χ2n) is 6.37. The molecular formula is C18H20F3N3O2S. The number of nitrogens with zero attached hydrogens (tertiary/aromatic N) is 1. The fourth-order valence-corrected chi connectivity index (χ4v) is 3.66. The van der Waals surface area contributed by atoms with Crippen LogP contribution in [0.2, 0.25) is 0 Å². The van der Waals surface area contributed by atoms with E-state index in [2.05, 4.69) is 10.3 Å². The molecule has 146 valence electrons. The van der Waals surface area contributed by atoms with Gasteiger partial charge < -0.3 is 15.8 Å². The van der Waals surface area contributed by atoms with Crippen molar-refractivity contribution in [3.05, 3.63) is 40.9 Å². The molecule has 1 saturated heterocycles. The van der Waals surface area contributed by atoms with E-state index in [1.807, 2.05) is 0 Å². The topological polar surface area (TPSA) is 77.2 Å². The lowest BCUT2D eigenvalue weighted by atomic mass is 10.0. The van der Waals surface area contributed by atoms with Crippen molar-refractivity contribution in [1.82, 2.24) is 10.3 Å². The van der Waals surface area contributed by atoms with E-state index in [1.165, 1.54) is 23.5 Å². The van der Waals surface area contributed by atoms with Crippen molar-refractivity contribution in [2.75, 3.05) is 6.61 Å². The Morgan fingerprint density at radius 2 is 2.07 bits per heavy atom. The van der Waals surface area contributed by atoms with Crippen molar-refractivity contribution >= 4 is 17.2 Å². The third kappa shape index (κ3) is 5.06. The van der Waals surface area contributed by atoms with Crippen LogP contribution in [-0.4, -0.2) is 29.6 Å². The molecule has 9 heteroatoms. The maximum absolute atomic E-state index is 12.6. The zero-order valence-electron chi connectivity index (χ0n) is 14.5. The van der Waals surface area contributed by atoms with Crippen molar-refractivity contribution in [1.29, 1.82) is 0 Å². The van der Waals surface area contributed by atoms with Crippen LogP contribution in [0.25, 0.3) is 10.6 Å². The third-order valence-corrected chi connectivity index (χ3v) is 5.31. The molecule has 2 heterocycles. The molecule has 1 fully saturated rings. The van der Waals surface area contributed by atoms with E-state index < -0.39 is 17.8 Å². The molecule has 1 aliphatic heterocycles. The lowest BCUT2D eigenvalue weighted by Crippen LogP contribution is -2.50. The Balaban J connectivity index is 1.57. The molecule has 1 aromatic heterocycles. The van der Waals surface area contributed by atoms with Gasteiger partial charge in [0.25, 0.3) is 0 Å². The Labute approximate surface area is 158 Å². The number of nitrogens with one attached hydrogen (secondary N) is 1. The lowest BCUT2D eigenvalue weighted by Gasteiger charge is -2.27. The number of rotatable bonds is 5. The van der Waals surface area contributed by atoms with Gasteiger partial charge in [-0.3, -0.25) is 4.79 Å². The summed E-state index contributed by atoms with van der Waals surface area (Å²) >= 11 is 1.30. The average Bonchev–Trinajstić information content (AvgIpc) is 3.14. The van der Waals surface area contributed by atoms with Crippen LogP contribution in [0.15, 0.2) is 29.6 Å². The number of amides is 1. The van der Waals surface area contributed by atoms with E-state index in [-0.39, 0.29) is 18.6 Å². The number of carbonyl (C=O) groups is 1. The minimum atomic E-state index is -4.36. The van der Waals surface area contributed by atoms with Crippen LogP contribution >= 0.6 is 11.3 Å². The monoisotopic (exact) mass is 399 g/mol. The van der Waals surface area contributed by atoms with Crippen LogP contribution in [0.4, 0.5) is 13.2 Å². The Hall–Kier alpha value is -1.97. The Morgan fingerprint density at radius 3 is 2.70 bits per heavy atom. The summed E-state index contributed by atoms with van der Waals surface area (Å²) in [5.74, 6) is -0.300. The maximum atomic E-state index is 12.6. The molecule has 0 radical (unpaired) electrons. The molecule has 27 heavy (non-hydrogen) atoms. The summed E-state index contributed by atoms with van der Waals surface area (Å²) in [6, 6.07) is 4.11. The standard InChI is InChI=1S/C18H20F3N3O2S/c19-18(20,21)12-6-4-11(5-7-12)17-24-13(10-27-17)9-23-16(25)15(22)14-3-1-2-8-26-14/h4-7,10,14-15H,1-3,8-9,22H2,(H,23,25). The molecule has 1 amide bonds. The van der Waals surface area contributed by atoms with Crippen LogP contribution in [0.1, 0.15) is 30.5 Å². The summed E-state index contributed by atoms with van der Waals surface area (Å²) < 4.78 is 43.4. The zero-order chi connectivity index (χ0) is 19.4. The minimum Gasteiger partial charge on any atom is -0.376 e. The van der Waals surface area contributed by atoms with E-state index in [1.54, 1.807) is 5.38 Å². The fourth-order valence-electron chi connectivity index (χ4n) is 2.84. The second-order valence-corrected chi connectivity index (χ2v) is 7.23. The highest BCUT2D eigenvalue weighted by molar-refractivity contribution is 7.13. The molecular weight excluding hydrogens is 379 g/mol. The predicted molar refractivity (Wildman–Crippen MR) is 96.0 cm³/mol. The highest BCUT2D eigenvalue weighted by Crippen LogP contribution is 2.31. The molecule has 0 saturated carbocycles. The molecule has 0 aliphatic carbocycles. The minimum absolute atomic E-state index is 0.205. The maximum Gasteiger partial charge on any atom is 0.416 e. The smallest absolute Gasteiger partial charge is 0.376 e. The number of thiazole rings is 1. The first-order chi connectivity index (χ1) is 12.8. The number of carbonyl (C=O) groups excluding carboxylic acids is 1. The molecule has 0 bridgehead atoms. The van der Waals surface area contributed by atoms with E-state index >= 15 is 0 Å². The van der Waals surface area contributed by atoms with Gasteiger partial charge in [0, 0.05) is 17.6 Å². The number of alkyl halides is 3. The zero-order valence-corrected chi connectivity index (χ0v) is 15.3. The van der Waals surface area contributed by atoms with E-state index in [0.717, 1.165) is 31.4 Å². The number of halogens is 3. The number of hydrogen-bond donors (Lipinski definition) is 2. The van der Waals surface area contributed by atoms with Crippen molar-refractivity contribution in [3.8, 4) is 10.6 Å². The van der Waals surface area contributed by atoms with Crippen LogP contribution in [0.5, 0.6) is 0 Å². The van der Waals surface area contributed by atoms with Gasteiger partial charge in [-0.1, -0.05) is 12.1 Å². The Bertz CT molecular complexity index is 771. The van der Waals surface area contributed by atoms with Gasteiger partial charge in [-0.05, 0) is 31.4 Å². The van der Waals surface area contributed by atoms with Crippen molar-refractivity contribution in [3.63, 3.8) is 0 Å². The molecule has 2 unspecified atom stereocenters. The van der Waals surface area contributed by atoms with E-state index in [9.17, 15) is 18.0 Å². The second kappa shape index (κ2) is 8.37. The largest absolute Gasteiger partial charge is 0.416 e. The third-order valence-electron chi connectivity index (χ3n) is 4.37. The van der Waals surface area contributed by atoms with E-state index in [0.29, 0.717) is 22.9 Å². The van der Waals surface area contributed by atoms with Crippen LogP contribution in [0.3, 0.4) is 0 Å². The summed E-state index contributed by atoms with van der Waals surface area (Å²) in [7, 11) is 0. The molecule has 1 aliphatic rings. The molecule has 3 rings (SSSR count). The van der Waals surface area contributed by atoms with Crippen LogP contribution < -0.4 is 11.1 Å². The van der Waals surface area contributed by atoms with Gasteiger partial charge in [0.05, 0.1) is 23.9 Å². The molecule has 2 atom stereocenters. The van der Waals surface area contributed by atoms with Gasteiger partial charge in [0.1, 0.15) is 11.0 Å². The summed E-state index contributed by atoms with van der Waals surface area (Å²) in [5, 5.41) is 5.09. The van der Waals surface area contributed by atoms with E-state index in [4.69, 9.17) is 10.5 Å².